The van der Waals surface area contributed by atoms with Gasteiger partial charge in [-0.15, -0.1) is 0 Å². The molecular weight excluding hydrogens is 143 g/mol. The summed E-state index contributed by atoms with van der Waals surface area (Å²) in [6.07, 6.45) is 4.22. The summed E-state index contributed by atoms with van der Waals surface area (Å²) in [6, 6.07) is 0. The predicted octanol–water partition coefficient (Wildman–Crippen LogP) is 3.27. The van der Waals surface area contributed by atoms with Crippen molar-refractivity contribution in [3.8, 4) is 0 Å². The third-order valence-electron chi connectivity index (χ3n) is 1.06. The third-order valence-corrected chi connectivity index (χ3v) is 1.06. The maximum atomic E-state index is 12.7. The van der Waals surface area contributed by atoms with Crippen molar-refractivity contribution >= 4 is 0 Å². The Labute approximate surface area is 66.5 Å². The van der Waals surface area contributed by atoms with E-state index in [0.717, 1.165) is 0 Å². The van der Waals surface area contributed by atoms with Crippen LogP contribution < -0.4 is 0 Å². The Morgan fingerprint density at radius 1 is 1.27 bits per heavy atom. The molecule has 2 heteroatoms. The van der Waals surface area contributed by atoms with Crippen molar-refractivity contribution in [3.05, 3.63) is 35.4 Å². The van der Waals surface area contributed by atoms with Gasteiger partial charge in [0, 0.05) is 0 Å². The van der Waals surface area contributed by atoms with Gasteiger partial charge in [-0.1, -0.05) is 6.08 Å². The van der Waals surface area contributed by atoms with Crippen molar-refractivity contribution in [2.45, 2.75) is 20.8 Å². The number of rotatable bonds is 2. The van der Waals surface area contributed by atoms with Crippen LogP contribution >= 0.6 is 0 Å². The molecule has 1 nitrogen and oxygen atoms in total. The van der Waals surface area contributed by atoms with Gasteiger partial charge in [-0.05, 0) is 38.5 Å². The molecule has 0 spiro atoms. The standard InChI is InChI=1S/C9H13FO/c1-7(2)9(10)6-4-5-8(3)11/h4-6,11H,1-3H3/b6-4-,8-5+. The summed E-state index contributed by atoms with van der Waals surface area (Å²) in [5.74, 6) is -0.0923. The number of hydrogen-bond donors (Lipinski definition) is 1. The van der Waals surface area contributed by atoms with E-state index >= 15 is 0 Å². The Morgan fingerprint density at radius 3 is 2.18 bits per heavy atom. The van der Waals surface area contributed by atoms with Gasteiger partial charge in [0.25, 0.3) is 0 Å². The Balaban J connectivity index is 4.16. The molecule has 0 aliphatic heterocycles. The minimum Gasteiger partial charge on any atom is -0.513 e. The molecule has 0 aromatic rings. The van der Waals surface area contributed by atoms with Gasteiger partial charge in [0.05, 0.1) is 5.76 Å². The van der Waals surface area contributed by atoms with Crippen molar-refractivity contribution in [3.63, 3.8) is 0 Å². The molecule has 0 aromatic heterocycles. The van der Waals surface area contributed by atoms with E-state index in [0.29, 0.717) is 5.57 Å². The van der Waals surface area contributed by atoms with Gasteiger partial charge in [-0.3, -0.25) is 0 Å². The average Bonchev–Trinajstić information content (AvgIpc) is 1.86. The highest BCUT2D eigenvalue weighted by Crippen LogP contribution is 2.05. The molecule has 0 heterocycles. The van der Waals surface area contributed by atoms with E-state index in [1.165, 1.54) is 25.2 Å². The van der Waals surface area contributed by atoms with E-state index in [4.69, 9.17) is 5.11 Å². The fraction of sp³-hybridized carbons (Fsp3) is 0.333. The number of aliphatic hydroxyl groups excluding tert-OH is 1. The average molecular weight is 156 g/mol. The molecule has 0 fully saturated rings. The molecule has 0 atom stereocenters. The van der Waals surface area contributed by atoms with Crippen molar-refractivity contribution in [1.82, 2.24) is 0 Å². The van der Waals surface area contributed by atoms with Gasteiger partial charge < -0.3 is 5.11 Å². The summed E-state index contributed by atoms with van der Waals surface area (Å²) in [4.78, 5) is 0. The summed E-state index contributed by atoms with van der Waals surface area (Å²) in [5, 5.41) is 8.68. The first-order valence-corrected chi connectivity index (χ1v) is 3.41. The molecular formula is C9H13FO. The first kappa shape index (κ1) is 9.95. The molecule has 0 unspecified atom stereocenters. The van der Waals surface area contributed by atoms with Gasteiger partial charge >= 0.3 is 0 Å². The molecule has 0 saturated carbocycles. The summed E-state index contributed by atoms with van der Waals surface area (Å²) in [5.41, 5.74) is 0.630. The van der Waals surface area contributed by atoms with Crippen LogP contribution in [0.3, 0.4) is 0 Å². The molecule has 62 valence electrons. The highest BCUT2D eigenvalue weighted by atomic mass is 19.1. The molecule has 0 radical (unpaired) electrons. The fourth-order valence-electron chi connectivity index (χ4n) is 0.439. The first-order valence-electron chi connectivity index (χ1n) is 3.41. The number of hydrogen-bond acceptors (Lipinski definition) is 1. The van der Waals surface area contributed by atoms with Crippen molar-refractivity contribution < 1.29 is 9.50 Å². The van der Waals surface area contributed by atoms with E-state index in [1.807, 2.05) is 0 Å². The second-order valence-electron chi connectivity index (χ2n) is 2.52. The van der Waals surface area contributed by atoms with Crippen LogP contribution in [0.25, 0.3) is 0 Å². The first-order chi connectivity index (χ1) is 5.04. The maximum absolute atomic E-state index is 12.7. The summed E-state index contributed by atoms with van der Waals surface area (Å²) >= 11 is 0. The molecule has 0 aliphatic carbocycles. The second-order valence-corrected chi connectivity index (χ2v) is 2.52. The molecule has 0 saturated heterocycles. The molecule has 0 amide bonds. The van der Waals surface area contributed by atoms with Crippen LogP contribution in [0.1, 0.15) is 20.8 Å². The van der Waals surface area contributed by atoms with Gasteiger partial charge in [0.2, 0.25) is 0 Å². The van der Waals surface area contributed by atoms with Crippen molar-refractivity contribution in [2.24, 2.45) is 0 Å². The lowest BCUT2D eigenvalue weighted by molar-refractivity contribution is 0.414. The van der Waals surface area contributed by atoms with E-state index in [1.54, 1.807) is 13.8 Å². The van der Waals surface area contributed by atoms with E-state index < -0.39 is 0 Å². The predicted molar refractivity (Wildman–Crippen MR) is 45.0 cm³/mol. The van der Waals surface area contributed by atoms with E-state index in [2.05, 4.69) is 0 Å². The van der Waals surface area contributed by atoms with Gasteiger partial charge in [-0.2, -0.15) is 0 Å². The van der Waals surface area contributed by atoms with Crippen LogP contribution in [-0.2, 0) is 0 Å². The summed E-state index contributed by atoms with van der Waals surface area (Å²) < 4.78 is 12.7. The zero-order valence-electron chi connectivity index (χ0n) is 7.06. The molecule has 1 N–H and O–H groups in total. The topological polar surface area (TPSA) is 20.2 Å². The fourth-order valence-corrected chi connectivity index (χ4v) is 0.439. The molecule has 0 rings (SSSR count). The zero-order valence-corrected chi connectivity index (χ0v) is 7.06. The van der Waals surface area contributed by atoms with Crippen LogP contribution in [0, 0.1) is 0 Å². The minimum atomic E-state index is -0.262. The smallest absolute Gasteiger partial charge is 0.121 e. The summed E-state index contributed by atoms with van der Waals surface area (Å²) in [7, 11) is 0. The zero-order chi connectivity index (χ0) is 8.85. The largest absolute Gasteiger partial charge is 0.513 e. The second kappa shape index (κ2) is 4.72. The number of allylic oxidation sites excluding steroid dienone is 6. The highest BCUT2D eigenvalue weighted by Gasteiger charge is 1.87. The van der Waals surface area contributed by atoms with Gasteiger partial charge in [0.15, 0.2) is 0 Å². The number of aliphatic hydroxyl groups is 1. The van der Waals surface area contributed by atoms with Crippen LogP contribution in [-0.4, -0.2) is 5.11 Å². The SMILES string of the molecule is CC(C)=C(F)/C=C\C=C(/C)O. The van der Waals surface area contributed by atoms with Crippen LogP contribution in [0.2, 0.25) is 0 Å². The third kappa shape index (κ3) is 5.40. The van der Waals surface area contributed by atoms with Crippen LogP contribution in [0.4, 0.5) is 4.39 Å². The van der Waals surface area contributed by atoms with Crippen molar-refractivity contribution in [1.29, 1.82) is 0 Å². The Morgan fingerprint density at radius 2 is 1.82 bits per heavy atom. The number of halogens is 1. The molecule has 0 aliphatic rings. The van der Waals surface area contributed by atoms with Crippen LogP contribution in [0.15, 0.2) is 35.4 Å². The highest BCUT2D eigenvalue weighted by molar-refractivity contribution is 5.20. The molecule has 0 bridgehead atoms. The monoisotopic (exact) mass is 156 g/mol. The quantitative estimate of drug-likeness (QED) is 0.480. The Hall–Kier alpha value is -1.05. The Kier molecular flexibility index (Phi) is 4.27. The van der Waals surface area contributed by atoms with E-state index in [9.17, 15) is 4.39 Å². The lowest BCUT2D eigenvalue weighted by Crippen LogP contribution is -1.71. The molecule has 0 aromatic carbocycles. The summed E-state index contributed by atoms with van der Waals surface area (Å²) in [6.45, 7) is 4.91. The normalized spacial score (nSPS) is 12.2. The van der Waals surface area contributed by atoms with Gasteiger partial charge in [0.1, 0.15) is 5.83 Å². The molecule has 11 heavy (non-hydrogen) atoms. The minimum absolute atomic E-state index is 0.169. The lowest BCUT2D eigenvalue weighted by Gasteiger charge is -1.88. The van der Waals surface area contributed by atoms with Gasteiger partial charge in [-0.25, -0.2) is 4.39 Å². The maximum Gasteiger partial charge on any atom is 0.121 e. The van der Waals surface area contributed by atoms with Crippen molar-refractivity contribution in [2.75, 3.05) is 0 Å². The van der Waals surface area contributed by atoms with Crippen LogP contribution in [0.5, 0.6) is 0 Å². The Bertz CT molecular complexity index is 204. The van der Waals surface area contributed by atoms with E-state index in [-0.39, 0.29) is 11.6 Å². The lowest BCUT2D eigenvalue weighted by atomic mass is 10.3.